The molecule has 1 rings (SSSR count). The van der Waals surface area contributed by atoms with Crippen LogP contribution in [-0.2, 0) is 66.4 Å². The van der Waals surface area contributed by atoms with Gasteiger partial charge in [0.25, 0.3) is 10.1 Å². The zero-order valence-electron chi connectivity index (χ0n) is 34.6. The van der Waals surface area contributed by atoms with E-state index in [-0.39, 0.29) is 18.1 Å². The fourth-order valence-electron chi connectivity index (χ4n) is 5.03. The molecule has 0 aromatic heterocycles. The summed E-state index contributed by atoms with van der Waals surface area (Å²) >= 11 is 0. The van der Waals surface area contributed by atoms with Gasteiger partial charge in [-0.25, -0.2) is 0 Å². The molecule has 0 atom stereocenters. The molecule has 0 aliphatic rings. The highest BCUT2D eigenvalue weighted by atomic mass is 32.2. The largest absolute Gasteiger partial charge is 0.379 e. The second kappa shape index (κ2) is 43.3. The third-order valence-corrected chi connectivity index (χ3v) is 9.44. The minimum absolute atomic E-state index is 0.0575. The first-order valence-electron chi connectivity index (χ1n) is 21.0. The minimum atomic E-state index is -3.76. The summed E-state index contributed by atoms with van der Waals surface area (Å²) in [5, 5.41) is 0. The van der Waals surface area contributed by atoms with E-state index in [0.29, 0.717) is 132 Å². The third kappa shape index (κ3) is 38.2. The number of unbranched alkanes of at least 4 members (excludes halogenated alkanes) is 10. The summed E-state index contributed by atoms with van der Waals surface area (Å²) in [6.07, 6.45) is 14.8. The predicted octanol–water partition coefficient (Wildman–Crippen LogP) is 5.89. The number of hydrogen-bond donors (Lipinski definition) is 0. The van der Waals surface area contributed by atoms with E-state index in [9.17, 15) is 8.42 Å². The van der Waals surface area contributed by atoms with Crippen molar-refractivity contribution < 1.29 is 64.7 Å². The molecule has 1 aromatic rings. The van der Waals surface area contributed by atoms with Crippen molar-refractivity contribution in [3.63, 3.8) is 0 Å². The second-order valence-electron chi connectivity index (χ2n) is 12.9. The van der Waals surface area contributed by atoms with E-state index < -0.39 is 10.1 Å². The molecule has 330 valence electrons. The van der Waals surface area contributed by atoms with Gasteiger partial charge >= 0.3 is 0 Å². The van der Waals surface area contributed by atoms with Gasteiger partial charge in [0.15, 0.2) is 0 Å². The molecule has 0 amide bonds. The molecule has 0 aliphatic heterocycles. The molecule has 0 radical (unpaired) electrons. The van der Waals surface area contributed by atoms with E-state index in [1.165, 1.54) is 76.3 Å². The summed E-state index contributed by atoms with van der Waals surface area (Å²) in [7, 11) is -3.76. The van der Waals surface area contributed by atoms with Crippen molar-refractivity contribution in [2.45, 2.75) is 82.4 Å². The molecule has 15 heteroatoms. The molecular formula is C41H76O14S. The van der Waals surface area contributed by atoms with E-state index in [0.717, 1.165) is 13.0 Å². The first-order chi connectivity index (χ1) is 27.7. The maximum atomic E-state index is 12.0. The topological polar surface area (TPSA) is 145 Å². The van der Waals surface area contributed by atoms with Gasteiger partial charge in [0.1, 0.15) is 0 Å². The Labute approximate surface area is 338 Å². The lowest BCUT2D eigenvalue weighted by molar-refractivity contribution is -0.0277. The summed E-state index contributed by atoms with van der Waals surface area (Å²) in [4.78, 5) is 0.122. The summed E-state index contributed by atoms with van der Waals surface area (Å²) in [5.41, 5.74) is 0. The van der Waals surface area contributed by atoms with Gasteiger partial charge in [-0.2, -0.15) is 8.42 Å². The van der Waals surface area contributed by atoms with E-state index in [4.69, 9.17) is 56.3 Å². The maximum absolute atomic E-state index is 12.0. The van der Waals surface area contributed by atoms with Crippen LogP contribution >= 0.6 is 0 Å². The van der Waals surface area contributed by atoms with Crippen molar-refractivity contribution in [2.24, 2.45) is 0 Å². The van der Waals surface area contributed by atoms with Crippen molar-refractivity contribution in [3.8, 4) is 0 Å². The van der Waals surface area contributed by atoms with Gasteiger partial charge < -0.3 is 52.1 Å². The monoisotopic (exact) mass is 824 g/mol. The molecule has 14 nitrogen and oxygen atoms in total. The van der Waals surface area contributed by atoms with Crippen LogP contribution in [0, 0.1) is 0 Å². The van der Waals surface area contributed by atoms with Crippen LogP contribution in [-0.4, -0.2) is 160 Å². The van der Waals surface area contributed by atoms with Crippen LogP contribution in [0.3, 0.4) is 0 Å². The van der Waals surface area contributed by atoms with Crippen LogP contribution in [0.5, 0.6) is 0 Å². The summed E-state index contributed by atoms with van der Waals surface area (Å²) in [5.74, 6) is 0. The van der Waals surface area contributed by atoms with Gasteiger partial charge in [0, 0.05) is 6.61 Å². The van der Waals surface area contributed by atoms with Gasteiger partial charge in [-0.1, -0.05) is 89.3 Å². The Morgan fingerprint density at radius 1 is 0.321 bits per heavy atom. The highest BCUT2D eigenvalue weighted by Crippen LogP contribution is 2.12. The molecule has 0 N–H and O–H groups in total. The average Bonchev–Trinajstić information content (AvgIpc) is 3.21. The molecule has 0 heterocycles. The second-order valence-corrected chi connectivity index (χ2v) is 14.5. The average molecular weight is 825 g/mol. The molecule has 1 aromatic carbocycles. The van der Waals surface area contributed by atoms with Gasteiger partial charge in [-0.15, -0.1) is 0 Å². The summed E-state index contributed by atoms with van der Waals surface area (Å²) in [6, 6.07) is 7.99. The quantitative estimate of drug-likeness (QED) is 0.0570. The van der Waals surface area contributed by atoms with Crippen LogP contribution in [0.4, 0.5) is 0 Å². The smallest absolute Gasteiger partial charge is 0.297 e. The van der Waals surface area contributed by atoms with Crippen molar-refractivity contribution >= 4 is 10.1 Å². The molecule has 0 unspecified atom stereocenters. The maximum Gasteiger partial charge on any atom is 0.297 e. The first-order valence-corrected chi connectivity index (χ1v) is 22.4. The normalized spacial score (nSPS) is 11.9. The molecule has 0 saturated heterocycles. The van der Waals surface area contributed by atoms with E-state index in [1.807, 2.05) is 0 Å². The molecule has 0 saturated carbocycles. The first kappa shape index (κ1) is 52.7. The van der Waals surface area contributed by atoms with Crippen molar-refractivity contribution in [3.05, 3.63) is 30.3 Å². The molecule has 0 spiro atoms. The number of hydrogen-bond acceptors (Lipinski definition) is 14. The lowest BCUT2D eigenvalue weighted by Gasteiger charge is -2.09. The zero-order valence-corrected chi connectivity index (χ0v) is 35.4. The van der Waals surface area contributed by atoms with Gasteiger partial charge in [-0.3, -0.25) is 4.18 Å². The van der Waals surface area contributed by atoms with Crippen LogP contribution in [0.25, 0.3) is 0 Å². The van der Waals surface area contributed by atoms with E-state index >= 15 is 0 Å². The Bertz CT molecular complexity index is 1010. The third-order valence-electron chi connectivity index (χ3n) is 8.11. The molecule has 0 fully saturated rings. The van der Waals surface area contributed by atoms with E-state index in [1.54, 1.807) is 18.2 Å². The van der Waals surface area contributed by atoms with Gasteiger partial charge in [0.2, 0.25) is 0 Å². The fraction of sp³-hybridized carbons (Fsp3) is 0.854. The van der Waals surface area contributed by atoms with Crippen molar-refractivity contribution in [1.29, 1.82) is 0 Å². The SMILES string of the molecule is CCCCCCCCCCCCCOCCOCCOCCOCCOCCOCCOCCOCCOCCOCCOCCOS(=O)(=O)c1ccccc1. The van der Waals surface area contributed by atoms with Crippen LogP contribution in [0.1, 0.15) is 77.6 Å². The Morgan fingerprint density at radius 2 is 0.571 bits per heavy atom. The minimum Gasteiger partial charge on any atom is -0.379 e. The van der Waals surface area contributed by atoms with Crippen molar-refractivity contribution in [2.75, 3.05) is 152 Å². The lowest BCUT2D eigenvalue weighted by atomic mass is 10.1. The van der Waals surface area contributed by atoms with Gasteiger partial charge in [0.05, 0.1) is 150 Å². The molecular weight excluding hydrogens is 749 g/mol. The Balaban J connectivity index is 1.63. The predicted molar refractivity (Wildman–Crippen MR) is 215 cm³/mol. The van der Waals surface area contributed by atoms with Crippen LogP contribution < -0.4 is 0 Å². The zero-order chi connectivity index (χ0) is 40.1. The highest BCUT2D eigenvalue weighted by Gasteiger charge is 2.13. The summed E-state index contributed by atoms with van der Waals surface area (Å²) in [6.45, 7) is 13.0. The van der Waals surface area contributed by atoms with Crippen LogP contribution in [0.2, 0.25) is 0 Å². The van der Waals surface area contributed by atoms with Crippen LogP contribution in [0.15, 0.2) is 35.2 Å². The molecule has 0 bridgehead atoms. The Hall–Kier alpha value is -1.31. The van der Waals surface area contributed by atoms with E-state index in [2.05, 4.69) is 6.92 Å². The highest BCUT2D eigenvalue weighted by molar-refractivity contribution is 7.86. The standard InChI is InChI=1S/C41H76O14S/c1-2-3-4-5-6-7-8-9-10-11-15-18-44-19-20-45-21-22-46-23-24-47-25-26-48-27-28-49-29-30-50-31-32-51-33-34-52-35-36-53-37-38-54-39-40-55-56(42,43)41-16-13-12-14-17-41/h12-14,16-17H,2-11,15,18-40H2,1H3. The van der Waals surface area contributed by atoms with Crippen molar-refractivity contribution in [1.82, 2.24) is 0 Å². The Kier molecular flexibility index (Phi) is 40.7. The summed E-state index contributed by atoms with van der Waals surface area (Å²) < 4.78 is 89.4. The lowest BCUT2D eigenvalue weighted by Crippen LogP contribution is -2.16. The Morgan fingerprint density at radius 3 is 0.875 bits per heavy atom. The van der Waals surface area contributed by atoms with Gasteiger partial charge in [-0.05, 0) is 18.6 Å². The fourth-order valence-corrected chi connectivity index (χ4v) is 5.94. The number of benzene rings is 1. The number of rotatable bonds is 47. The molecule has 0 aliphatic carbocycles. The molecule has 56 heavy (non-hydrogen) atoms. The number of ether oxygens (including phenoxy) is 11.